The highest BCUT2D eigenvalue weighted by atomic mass is 15.3. The molecule has 0 aromatic carbocycles. The van der Waals surface area contributed by atoms with E-state index in [1.165, 1.54) is 84.0 Å². The number of piperidine rings is 1. The van der Waals surface area contributed by atoms with Crippen molar-refractivity contribution in [1.82, 2.24) is 9.80 Å². The quantitative estimate of drug-likeness (QED) is 0.858. The summed E-state index contributed by atoms with van der Waals surface area (Å²) in [6.07, 6.45) is 12.9. The molecule has 0 bridgehead atoms. The largest absolute Gasteiger partial charge is 0.329 e. The highest BCUT2D eigenvalue weighted by Crippen LogP contribution is 2.30. The molecule has 0 aromatic rings. The molecule has 2 N–H and O–H groups in total. The van der Waals surface area contributed by atoms with Crippen molar-refractivity contribution < 1.29 is 0 Å². The Labute approximate surface area is 124 Å². The minimum atomic E-state index is 0.655. The van der Waals surface area contributed by atoms with Gasteiger partial charge in [-0.3, -0.25) is 9.80 Å². The van der Waals surface area contributed by atoms with Gasteiger partial charge in [-0.15, -0.1) is 0 Å². The molecule has 3 nitrogen and oxygen atoms in total. The van der Waals surface area contributed by atoms with Gasteiger partial charge >= 0.3 is 0 Å². The molecule has 1 saturated carbocycles. The van der Waals surface area contributed by atoms with Crippen LogP contribution in [0.2, 0.25) is 0 Å². The zero-order chi connectivity index (χ0) is 13.8. The summed E-state index contributed by atoms with van der Waals surface area (Å²) in [7, 11) is 0. The van der Waals surface area contributed by atoms with Crippen molar-refractivity contribution in [2.45, 2.75) is 69.9 Å². The predicted molar refractivity (Wildman–Crippen MR) is 84.8 cm³/mol. The highest BCUT2D eigenvalue weighted by Gasteiger charge is 2.32. The van der Waals surface area contributed by atoms with Gasteiger partial charge in [-0.25, -0.2) is 0 Å². The molecule has 2 unspecified atom stereocenters. The van der Waals surface area contributed by atoms with Gasteiger partial charge in [0.1, 0.15) is 0 Å². The zero-order valence-corrected chi connectivity index (χ0v) is 13.1. The number of nitrogens with zero attached hydrogens (tertiary/aromatic N) is 2. The van der Waals surface area contributed by atoms with Gasteiger partial charge in [-0.2, -0.15) is 0 Å². The Morgan fingerprint density at radius 2 is 1.70 bits per heavy atom. The Kier molecular flexibility index (Phi) is 5.36. The lowest BCUT2D eigenvalue weighted by Crippen LogP contribution is -2.58. The van der Waals surface area contributed by atoms with Crippen LogP contribution >= 0.6 is 0 Å². The Morgan fingerprint density at radius 1 is 0.900 bits per heavy atom. The van der Waals surface area contributed by atoms with Crippen LogP contribution in [0, 0.1) is 5.92 Å². The molecular weight excluding hydrogens is 246 g/mol. The van der Waals surface area contributed by atoms with Crippen molar-refractivity contribution in [3.05, 3.63) is 0 Å². The van der Waals surface area contributed by atoms with E-state index >= 15 is 0 Å². The average molecular weight is 279 g/mol. The zero-order valence-electron chi connectivity index (χ0n) is 13.1. The Bertz CT molecular complexity index is 286. The van der Waals surface area contributed by atoms with Gasteiger partial charge in [0.15, 0.2) is 0 Å². The Morgan fingerprint density at radius 3 is 2.50 bits per heavy atom. The monoisotopic (exact) mass is 279 g/mol. The van der Waals surface area contributed by atoms with E-state index in [0.29, 0.717) is 6.04 Å². The summed E-state index contributed by atoms with van der Waals surface area (Å²) in [6.45, 7) is 6.03. The van der Waals surface area contributed by atoms with Crippen LogP contribution in [-0.4, -0.2) is 54.6 Å². The molecule has 0 amide bonds. The minimum Gasteiger partial charge on any atom is -0.329 e. The Balaban J connectivity index is 1.52. The van der Waals surface area contributed by atoms with Gasteiger partial charge < -0.3 is 5.73 Å². The van der Waals surface area contributed by atoms with E-state index in [1.54, 1.807) is 0 Å². The molecule has 2 saturated heterocycles. The highest BCUT2D eigenvalue weighted by molar-refractivity contribution is 4.89. The van der Waals surface area contributed by atoms with E-state index in [2.05, 4.69) is 9.80 Å². The smallest absolute Gasteiger partial charge is 0.0223 e. The lowest BCUT2D eigenvalue weighted by atomic mass is 9.84. The molecule has 0 aromatic heterocycles. The van der Waals surface area contributed by atoms with E-state index in [4.69, 9.17) is 5.73 Å². The van der Waals surface area contributed by atoms with Crippen LogP contribution < -0.4 is 5.73 Å². The van der Waals surface area contributed by atoms with Crippen LogP contribution in [0.1, 0.15) is 57.8 Å². The first kappa shape index (κ1) is 14.8. The summed E-state index contributed by atoms with van der Waals surface area (Å²) < 4.78 is 0. The first-order valence-electron chi connectivity index (χ1n) is 9.05. The number of rotatable bonds is 4. The first-order valence-corrected chi connectivity index (χ1v) is 9.05. The van der Waals surface area contributed by atoms with Crippen molar-refractivity contribution in [2.24, 2.45) is 11.7 Å². The maximum absolute atomic E-state index is 6.13. The third-order valence-corrected chi connectivity index (χ3v) is 5.99. The van der Waals surface area contributed by atoms with Crippen LogP contribution in [0.4, 0.5) is 0 Å². The summed E-state index contributed by atoms with van der Waals surface area (Å²) in [6, 6.07) is 1.49. The summed E-state index contributed by atoms with van der Waals surface area (Å²) in [5.41, 5.74) is 6.13. The van der Waals surface area contributed by atoms with E-state index in [0.717, 1.165) is 18.5 Å². The molecule has 0 spiro atoms. The number of fused-ring (bicyclic) bond motifs is 1. The first-order chi connectivity index (χ1) is 9.86. The van der Waals surface area contributed by atoms with Crippen molar-refractivity contribution in [1.29, 1.82) is 0 Å². The number of hydrogen-bond acceptors (Lipinski definition) is 3. The van der Waals surface area contributed by atoms with Crippen molar-refractivity contribution in [3.8, 4) is 0 Å². The lowest BCUT2D eigenvalue weighted by Gasteiger charge is -2.47. The summed E-state index contributed by atoms with van der Waals surface area (Å²) in [5, 5.41) is 0. The fraction of sp³-hybridized carbons (Fsp3) is 1.00. The van der Waals surface area contributed by atoms with E-state index in [1.807, 2.05) is 0 Å². The van der Waals surface area contributed by atoms with E-state index < -0.39 is 0 Å². The van der Waals surface area contributed by atoms with Crippen molar-refractivity contribution >= 4 is 0 Å². The van der Waals surface area contributed by atoms with Gasteiger partial charge in [0.05, 0.1) is 0 Å². The second-order valence-corrected chi connectivity index (χ2v) is 7.31. The van der Waals surface area contributed by atoms with Crippen LogP contribution in [0.25, 0.3) is 0 Å². The maximum atomic E-state index is 6.13. The predicted octanol–water partition coefficient (Wildman–Crippen LogP) is 2.45. The van der Waals surface area contributed by atoms with Gasteiger partial charge in [-0.05, 0) is 31.7 Å². The van der Waals surface area contributed by atoms with E-state index in [-0.39, 0.29) is 0 Å². The molecule has 20 heavy (non-hydrogen) atoms. The molecule has 2 heterocycles. The number of piperazine rings is 1. The van der Waals surface area contributed by atoms with Crippen LogP contribution in [-0.2, 0) is 0 Å². The molecule has 0 radical (unpaired) electrons. The lowest BCUT2D eigenvalue weighted by molar-refractivity contribution is 0.0221. The van der Waals surface area contributed by atoms with Gasteiger partial charge in [0.25, 0.3) is 0 Å². The van der Waals surface area contributed by atoms with Crippen molar-refractivity contribution in [3.63, 3.8) is 0 Å². The number of nitrogens with two attached hydrogens (primary N) is 1. The molecule has 2 aliphatic heterocycles. The Hall–Kier alpha value is -0.120. The molecule has 116 valence electrons. The SMILES string of the molecule is NCC(CC1CCCCC1)N1CCN2CCCCC2C1. The van der Waals surface area contributed by atoms with Gasteiger partial charge in [-0.1, -0.05) is 38.5 Å². The van der Waals surface area contributed by atoms with Crippen LogP contribution in [0.5, 0.6) is 0 Å². The topological polar surface area (TPSA) is 32.5 Å². The molecule has 3 heteroatoms. The second-order valence-electron chi connectivity index (χ2n) is 7.31. The van der Waals surface area contributed by atoms with E-state index in [9.17, 15) is 0 Å². The number of hydrogen-bond donors (Lipinski definition) is 1. The molecule has 3 rings (SSSR count). The van der Waals surface area contributed by atoms with Crippen LogP contribution in [0.3, 0.4) is 0 Å². The molecular formula is C17H33N3. The minimum absolute atomic E-state index is 0.655. The third-order valence-electron chi connectivity index (χ3n) is 5.99. The average Bonchev–Trinajstić information content (AvgIpc) is 2.53. The van der Waals surface area contributed by atoms with Crippen LogP contribution in [0.15, 0.2) is 0 Å². The molecule has 3 aliphatic rings. The standard InChI is InChI=1S/C17H33N3/c18-13-17(12-15-6-2-1-3-7-15)20-11-10-19-9-5-4-8-16(19)14-20/h15-17H,1-14,18H2. The summed E-state index contributed by atoms with van der Waals surface area (Å²) >= 11 is 0. The van der Waals surface area contributed by atoms with Gasteiger partial charge in [0, 0.05) is 38.3 Å². The third kappa shape index (κ3) is 3.55. The normalized spacial score (nSPS) is 31.9. The molecule has 2 atom stereocenters. The molecule has 1 aliphatic carbocycles. The van der Waals surface area contributed by atoms with Gasteiger partial charge in [0.2, 0.25) is 0 Å². The fourth-order valence-corrected chi connectivity index (χ4v) is 4.71. The summed E-state index contributed by atoms with van der Waals surface area (Å²) in [5.74, 6) is 0.960. The second kappa shape index (κ2) is 7.24. The fourth-order valence-electron chi connectivity index (χ4n) is 4.71. The van der Waals surface area contributed by atoms with Crippen molar-refractivity contribution in [2.75, 3.05) is 32.7 Å². The molecule has 3 fully saturated rings. The summed E-state index contributed by atoms with van der Waals surface area (Å²) in [4.78, 5) is 5.47. The maximum Gasteiger partial charge on any atom is 0.0223 e.